The van der Waals surface area contributed by atoms with Gasteiger partial charge in [0.25, 0.3) is 15.9 Å². The molecule has 10 heteroatoms. The minimum Gasteiger partial charge on any atom is -0.497 e. The molecule has 1 saturated heterocycles. The number of methoxy groups -OCH3 is 2. The van der Waals surface area contributed by atoms with Crippen LogP contribution in [0.25, 0.3) is 0 Å². The molecule has 3 aromatic rings. The molecule has 0 aliphatic carbocycles. The van der Waals surface area contributed by atoms with Gasteiger partial charge in [0.05, 0.1) is 36.9 Å². The Balaban J connectivity index is 1.57. The Hall–Kier alpha value is -4.05. The maximum atomic E-state index is 13.1. The molecule has 1 heterocycles. The summed E-state index contributed by atoms with van der Waals surface area (Å²) in [7, 11) is 0.585. The molecule has 0 radical (unpaired) electrons. The molecule has 182 valence electrons. The standard InChI is InChI=1S/C25H25N3O6S/c1-27(18-9-5-4-6-10-18)35(31,32)20-11-7-8-17(14-20)26-21-16-24(29)28(25(21)30)22-13-12-19(33-2)15-23(22)34-3/h4-15,21,26H,16H2,1-3H3. The molecule has 0 spiro atoms. The van der Waals surface area contributed by atoms with E-state index in [9.17, 15) is 18.0 Å². The first-order valence-corrected chi connectivity index (χ1v) is 12.2. The first-order valence-electron chi connectivity index (χ1n) is 10.8. The highest BCUT2D eigenvalue weighted by molar-refractivity contribution is 7.92. The molecular formula is C25H25N3O6S. The summed E-state index contributed by atoms with van der Waals surface area (Å²) in [6.45, 7) is 0. The maximum absolute atomic E-state index is 13.1. The third-order valence-electron chi connectivity index (χ3n) is 5.73. The van der Waals surface area contributed by atoms with Gasteiger partial charge in [0.2, 0.25) is 5.91 Å². The van der Waals surface area contributed by atoms with Crippen LogP contribution < -0.4 is 24.0 Å². The molecule has 1 aliphatic heterocycles. The number of imide groups is 1. The van der Waals surface area contributed by atoms with E-state index in [2.05, 4.69) is 5.32 Å². The number of benzene rings is 3. The molecule has 1 N–H and O–H groups in total. The second kappa shape index (κ2) is 9.67. The Bertz CT molecular complexity index is 1360. The monoisotopic (exact) mass is 495 g/mol. The molecule has 9 nitrogen and oxygen atoms in total. The van der Waals surface area contributed by atoms with Gasteiger partial charge in [0.1, 0.15) is 17.5 Å². The predicted molar refractivity (Wildman–Crippen MR) is 133 cm³/mol. The molecular weight excluding hydrogens is 470 g/mol. The Kier molecular flexibility index (Phi) is 6.65. The van der Waals surface area contributed by atoms with Gasteiger partial charge < -0.3 is 14.8 Å². The van der Waals surface area contributed by atoms with E-state index in [0.29, 0.717) is 28.6 Å². The van der Waals surface area contributed by atoms with Crippen LogP contribution in [0.5, 0.6) is 11.5 Å². The lowest BCUT2D eigenvalue weighted by molar-refractivity contribution is -0.121. The fraction of sp³-hybridized carbons (Fsp3) is 0.200. The maximum Gasteiger partial charge on any atom is 0.264 e. The number of para-hydroxylation sites is 1. The van der Waals surface area contributed by atoms with Crippen LogP contribution in [0.1, 0.15) is 6.42 Å². The van der Waals surface area contributed by atoms with E-state index in [-0.39, 0.29) is 11.3 Å². The summed E-state index contributed by atoms with van der Waals surface area (Å²) in [6.07, 6.45) is -0.0884. The van der Waals surface area contributed by atoms with E-state index in [1.54, 1.807) is 60.7 Å². The van der Waals surface area contributed by atoms with Crippen molar-refractivity contribution >= 4 is 38.9 Å². The summed E-state index contributed by atoms with van der Waals surface area (Å²) >= 11 is 0. The Labute approximate surface area is 203 Å². The summed E-state index contributed by atoms with van der Waals surface area (Å²) < 4.78 is 38.0. The van der Waals surface area contributed by atoms with Crippen LogP contribution in [-0.4, -0.2) is 47.5 Å². The molecule has 0 bridgehead atoms. The summed E-state index contributed by atoms with van der Waals surface area (Å²) in [5, 5.41) is 3.01. The molecule has 1 atom stereocenters. The lowest BCUT2D eigenvalue weighted by atomic mass is 10.2. The van der Waals surface area contributed by atoms with Crippen molar-refractivity contribution in [3.8, 4) is 11.5 Å². The molecule has 35 heavy (non-hydrogen) atoms. The second-order valence-electron chi connectivity index (χ2n) is 7.84. The van der Waals surface area contributed by atoms with Gasteiger partial charge in [-0.25, -0.2) is 13.3 Å². The van der Waals surface area contributed by atoms with Crippen molar-refractivity contribution in [2.45, 2.75) is 17.4 Å². The number of hydrogen-bond acceptors (Lipinski definition) is 7. The zero-order valence-electron chi connectivity index (χ0n) is 19.5. The summed E-state index contributed by atoms with van der Waals surface area (Å²) in [5.74, 6) is -0.0155. The van der Waals surface area contributed by atoms with E-state index < -0.39 is 27.9 Å². The van der Waals surface area contributed by atoms with E-state index in [1.807, 2.05) is 0 Å². The number of anilines is 3. The Morgan fingerprint density at radius 3 is 2.37 bits per heavy atom. The fourth-order valence-electron chi connectivity index (χ4n) is 3.85. The van der Waals surface area contributed by atoms with Crippen molar-refractivity contribution in [3.05, 3.63) is 72.8 Å². The van der Waals surface area contributed by atoms with Gasteiger partial charge in [0, 0.05) is 18.8 Å². The summed E-state index contributed by atoms with van der Waals surface area (Å²) in [6, 6.07) is 18.8. The number of rotatable bonds is 8. The molecule has 0 aromatic heterocycles. The van der Waals surface area contributed by atoms with Crippen LogP contribution in [0.4, 0.5) is 17.1 Å². The number of hydrogen-bond donors (Lipinski definition) is 1. The topological polar surface area (TPSA) is 105 Å². The average molecular weight is 496 g/mol. The average Bonchev–Trinajstić information content (AvgIpc) is 3.15. The Morgan fingerprint density at radius 2 is 1.69 bits per heavy atom. The van der Waals surface area contributed by atoms with Crippen molar-refractivity contribution in [1.82, 2.24) is 0 Å². The number of carbonyl (C=O) groups excluding carboxylic acids is 2. The Morgan fingerprint density at radius 1 is 0.943 bits per heavy atom. The molecule has 1 unspecified atom stereocenters. The van der Waals surface area contributed by atoms with E-state index in [1.165, 1.54) is 37.7 Å². The minimum atomic E-state index is -3.84. The molecule has 2 amide bonds. The number of nitrogens with zero attached hydrogens (tertiary/aromatic N) is 2. The molecule has 1 fully saturated rings. The minimum absolute atomic E-state index is 0.0549. The van der Waals surface area contributed by atoms with Crippen LogP contribution in [0, 0.1) is 0 Å². The van der Waals surface area contributed by atoms with Gasteiger partial charge in [-0.3, -0.25) is 13.9 Å². The van der Waals surface area contributed by atoms with Crippen LogP contribution >= 0.6 is 0 Å². The van der Waals surface area contributed by atoms with E-state index in [4.69, 9.17) is 9.47 Å². The molecule has 3 aromatic carbocycles. The fourth-order valence-corrected chi connectivity index (χ4v) is 5.09. The SMILES string of the molecule is COc1ccc(N2C(=O)CC(Nc3cccc(S(=O)(=O)N(C)c4ccccc4)c3)C2=O)c(OC)c1. The highest BCUT2D eigenvalue weighted by atomic mass is 32.2. The van der Waals surface area contributed by atoms with Gasteiger partial charge in [0.15, 0.2) is 0 Å². The van der Waals surface area contributed by atoms with E-state index >= 15 is 0 Å². The normalized spacial score (nSPS) is 15.7. The zero-order chi connectivity index (χ0) is 25.2. The molecule has 1 aliphatic rings. The van der Waals surface area contributed by atoms with Crippen molar-refractivity contribution in [1.29, 1.82) is 0 Å². The van der Waals surface area contributed by atoms with Gasteiger partial charge >= 0.3 is 0 Å². The smallest absolute Gasteiger partial charge is 0.264 e. The lowest BCUT2D eigenvalue weighted by Gasteiger charge is -2.21. The van der Waals surface area contributed by atoms with Crippen molar-refractivity contribution < 1.29 is 27.5 Å². The highest BCUT2D eigenvalue weighted by Gasteiger charge is 2.41. The molecule has 0 saturated carbocycles. The van der Waals surface area contributed by atoms with Crippen LogP contribution in [0.15, 0.2) is 77.7 Å². The summed E-state index contributed by atoms with van der Waals surface area (Å²) in [5.41, 5.74) is 1.24. The lowest BCUT2D eigenvalue weighted by Crippen LogP contribution is -2.35. The van der Waals surface area contributed by atoms with Gasteiger partial charge in [-0.15, -0.1) is 0 Å². The van der Waals surface area contributed by atoms with Crippen molar-refractivity contribution in [2.24, 2.45) is 0 Å². The van der Waals surface area contributed by atoms with Gasteiger partial charge in [-0.1, -0.05) is 24.3 Å². The number of nitrogens with one attached hydrogen (secondary N) is 1. The highest BCUT2D eigenvalue weighted by Crippen LogP contribution is 2.36. The van der Waals surface area contributed by atoms with Crippen LogP contribution in [0.3, 0.4) is 0 Å². The summed E-state index contributed by atoms with van der Waals surface area (Å²) in [4.78, 5) is 27.0. The third kappa shape index (κ3) is 4.65. The van der Waals surface area contributed by atoms with Gasteiger partial charge in [-0.2, -0.15) is 0 Å². The van der Waals surface area contributed by atoms with Gasteiger partial charge in [-0.05, 0) is 42.5 Å². The number of amides is 2. The zero-order valence-corrected chi connectivity index (χ0v) is 20.3. The predicted octanol–water partition coefficient (Wildman–Crippen LogP) is 3.27. The number of carbonyl (C=O) groups is 2. The molecule has 4 rings (SSSR count). The first kappa shape index (κ1) is 24.1. The number of sulfonamides is 1. The van der Waals surface area contributed by atoms with Crippen molar-refractivity contribution in [2.75, 3.05) is 35.8 Å². The first-order chi connectivity index (χ1) is 16.8. The van der Waals surface area contributed by atoms with Crippen molar-refractivity contribution in [3.63, 3.8) is 0 Å². The van der Waals surface area contributed by atoms with Crippen LogP contribution in [-0.2, 0) is 19.6 Å². The number of ether oxygens (including phenoxy) is 2. The van der Waals surface area contributed by atoms with Crippen LogP contribution in [0.2, 0.25) is 0 Å². The quantitative estimate of drug-likeness (QED) is 0.478. The third-order valence-corrected chi connectivity index (χ3v) is 7.51. The second-order valence-corrected chi connectivity index (χ2v) is 9.81. The largest absolute Gasteiger partial charge is 0.497 e. The van der Waals surface area contributed by atoms with E-state index in [0.717, 1.165) is 4.90 Å².